The number of benzene rings is 2. The van der Waals surface area contributed by atoms with Crippen LogP contribution in [0.4, 0.5) is 0 Å². The van der Waals surface area contributed by atoms with Gasteiger partial charge in [-0.3, -0.25) is 4.79 Å². The van der Waals surface area contributed by atoms with Crippen molar-refractivity contribution >= 4 is 17.5 Å². The summed E-state index contributed by atoms with van der Waals surface area (Å²) in [6, 6.07) is 15.6. The molecule has 1 amide bonds. The molecule has 1 heterocycles. The lowest BCUT2D eigenvalue weighted by Gasteiger charge is -2.27. The third kappa shape index (κ3) is 2.00. The zero-order chi connectivity index (χ0) is 12.5. The molecule has 1 atom stereocenters. The fourth-order valence-corrected chi connectivity index (χ4v) is 2.48. The molecule has 18 heavy (non-hydrogen) atoms. The van der Waals surface area contributed by atoms with Crippen molar-refractivity contribution in [1.29, 1.82) is 0 Å². The Hall–Kier alpha value is -1.80. The summed E-state index contributed by atoms with van der Waals surface area (Å²) in [6.07, 6.45) is 0.459. The van der Waals surface area contributed by atoms with Crippen LogP contribution in [-0.2, 0) is 11.2 Å². The second-order valence-corrected chi connectivity index (χ2v) is 4.86. The molecule has 0 spiro atoms. The van der Waals surface area contributed by atoms with E-state index in [1.165, 1.54) is 5.56 Å². The second-order valence-electron chi connectivity index (χ2n) is 4.43. The first-order chi connectivity index (χ1) is 8.74. The Morgan fingerprint density at radius 1 is 1.06 bits per heavy atom. The van der Waals surface area contributed by atoms with Crippen molar-refractivity contribution < 1.29 is 4.79 Å². The van der Waals surface area contributed by atoms with Crippen LogP contribution in [0.5, 0.6) is 0 Å². The first kappa shape index (κ1) is 11.3. The van der Waals surface area contributed by atoms with E-state index in [9.17, 15) is 4.79 Å². The van der Waals surface area contributed by atoms with Gasteiger partial charge in [0, 0.05) is 5.02 Å². The van der Waals surface area contributed by atoms with E-state index in [2.05, 4.69) is 11.4 Å². The van der Waals surface area contributed by atoms with Crippen molar-refractivity contribution in [3.05, 3.63) is 70.2 Å². The van der Waals surface area contributed by atoms with Gasteiger partial charge in [-0.1, -0.05) is 48.0 Å². The minimum absolute atomic E-state index is 0.0636. The Kier molecular flexibility index (Phi) is 2.80. The molecule has 0 bridgehead atoms. The molecule has 0 saturated carbocycles. The summed E-state index contributed by atoms with van der Waals surface area (Å²) >= 11 is 5.89. The lowest BCUT2D eigenvalue weighted by Crippen LogP contribution is -2.35. The van der Waals surface area contributed by atoms with Crippen LogP contribution >= 0.6 is 11.6 Å². The van der Waals surface area contributed by atoms with Crippen LogP contribution in [0.15, 0.2) is 48.5 Å². The average Bonchev–Trinajstić information content (AvgIpc) is 2.38. The van der Waals surface area contributed by atoms with Gasteiger partial charge in [-0.25, -0.2) is 0 Å². The van der Waals surface area contributed by atoms with Gasteiger partial charge < -0.3 is 5.32 Å². The van der Waals surface area contributed by atoms with E-state index < -0.39 is 0 Å². The number of carbonyl (C=O) groups excluding carboxylic acids is 1. The lowest BCUT2D eigenvalue weighted by atomic mass is 9.90. The molecule has 0 aromatic heterocycles. The molecular formula is C15H12ClNO. The zero-order valence-corrected chi connectivity index (χ0v) is 10.4. The number of hydrogen-bond donors (Lipinski definition) is 1. The van der Waals surface area contributed by atoms with Crippen LogP contribution in [0.3, 0.4) is 0 Å². The number of fused-ring (bicyclic) bond motifs is 1. The molecule has 2 nitrogen and oxygen atoms in total. The Bertz CT molecular complexity index is 592. The summed E-state index contributed by atoms with van der Waals surface area (Å²) < 4.78 is 0. The number of nitrogens with one attached hydrogen (secondary N) is 1. The van der Waals surface area contributed by atoms with Crippen LogP contribution in [-0.4, -0.2) is 5.91 Å². The normalized spacial score (nSPS) is 18.1. The van der Waals surface area contributed by atoms with Crippen molar-refractivity contribution in [3.8, 4) is 0 Å². The molecule has 1 unspecified atom stereocenters. The highest BCUT2D eigenvalue weighted by Gasteiger charge is 2.24. The molecule has 1 aliphatic rings. The Morgan fingerprint density at radius 2 is 1.78 bits per heavy atom. The highest BCUT2D eigenvalue weighted by molar-refractivity contribution is 6.30. The van der Waals surface area contributed by atoms with Crippen molar-refractivity contribution in [2.75, 3.05) is 0 Å². The highest BCUT2D eigenvalue weighted by atomic mass is 35.5. The van der Waals surface area contributed by atoms with Crippen molar-refractivity contribution in [3.63, 3.8) is 0 Å². The van der Waals surface area contributed by atoms with Gasteiger partial charge in [0.2, 0.25) is 5.91 Å². The summed E-state index contributed by atoms with van der Waals surface area (Å²) in [5.74, 6) is 0.0636. The van der Waals surface area contributed by atoms with Crippen molar-refractivity contribution in [1.82, 2.24) is 5.32 Å². The van der Waals surface area contributed by atoms with E-state index in [1.54, 1.807) is 0 Å². The predicted octanol–water partition coefficient (Wildman–Crippen LogP) is 3.10. The van der Waals surface area contributed by atoms with Crippen LogP contribution < -0.4 is 5.32 Å². The van der Waals surface area contributed by atoms with Crippen LogP contribution in [0.25, 0.3) is 0 Å². The standard InChI is InChI=1S/C15H12ClNO/c16-12-7-5-10(6-8-12)15-13-4-2-1-3-11(13)9-14(18)17-15/h1-8,15H,9H2,(H,17,18). The molecule has 3 heteroatoms. The summed E-state index contributed by atoms with van der Waals surface area (Å²) in [5.41, 5.74) is 3.32. The minimum Gasteiger partial charge on any atom is -0.345 e. The average molecular weight is 258 g/mol. The fraction of sp³-hybridized carbons (Fsp3) is 0.133. The quantitative estimate of drug-likeness (QED) is 0.836. The second kappa shape index (κ2) is 4.46. The zero-order valence-electron chi connectivity index (χ0n) is 9.69. The van der Waals surface area contributed by atoms with Crippen molar-refractivity contribution in [2.45, 2.75) is 12.5 Å². The number of carbonyl (C=O) groups is 1. The monoisotopic (exact) mass is 257 g/mol. The van der Waals surface area contributed by atoms with Gasteiger partial charge in [0.05, 0.1) is 12.5 Å². The van der Waals surface area contributed by atoms with Crippen LogP contribution in [0.2, 0.25) is 5.02 Å². The Morgan fingerprint density at radius 3 is 2.56 bits per heavy atom. The lowest BCUT2D eigenvalue weighted by molar-refractivity contribution is -0.121. The first-order valence-electron chi connectivity index (χ1n) is 5.86. The molecule has 1 aliphatic heterocycles. The predicted molar refractivity (Wildman–Crippen MR) is 71.6 cm³/mol. The van der Waals surface area contributed by atoms with E-state index >= 15 is 0 Å². The van der Waals surface area contributed by atoms with E-state index in [4.69, 9.17) is 11.6 Å². The summed E-state index contributed by atoms with van der Waals surface area (Å²) in [7, 11) is 0. The fourth-order valence-electron chi connectivity index (χ4n) is 2.36. The van der Waals surface area contributed by atoms with Gasteiger partial charge in [-0.15, -0.1) is 0 Å². The van der Waals surface area contributed by atoms with Crippen LogP contribution in [0, 0.1) is 0 Å². The molecule has 2 aromatic carbocycles. The maximum atomic E-state index is 11.7. The summed E-state index contributed by atoms with van der Waals surface area (Å²) in [6.45, 7) is 0. The third-order valence-electron chi connectivity index (χ3n) is 3.23. The number of hydrogen-bond acceptors (Lipinski definition) is 1. The number of amides is 1. The molecule has 0 fully saturated rings. The van der Waals surface area contributed by atoms with Gasteiger partial charge in [0.25, 0.3) is 0 Å². The molecule has 2 aromatic rings. The maximum absolute atomic E-state index is 11.7. The minimum atomic E-state index is -0.0697. The molecule has 3 rings (SSSR count). The molecule has 0 saturated heterocycles. The first-order valence-corrected chi connectivity index (χ1v) is 6.24. The van der Waals surface area contributed by atoms with E-state index in [0.29, 0.717) is 11.4 Å². The Balaban J connectivity index is 2.07. The van der Waals surface area contributed by atoms with Gasteiger partial charge >= 0.3 is 0 Å². The van der Waals surface area contributed by atoms with E-state index in [-0.39, 0.29) is 11.9 Å². The van der Waals surface area contributed by atoms with E-state index in [0.717, 1.165) is 11.1 Å². The topological polar surface area (TPSA) is 29.1 Å². The van der Waals surface area contributed by atoms with Gasteiger partial charge in [-0.05, 0) is 28.8 Å². The van der Waals surface area contributed by atoms with Gasteiger partial charge in [0.15, 0.2) is 0 Å². The van der Waals surface area contributed by atoms with Crippen molar-refractivity contribution in [2.24, 2.45) is 0 Å². The number of rotatable bonds is 1. The molecule has 0 radical (unpaired) electrons. The molecule has 0 aliphatic carbocycles. The Labute approximate surface area is 111 Å². The maximum Gasteiger partial charge on any atom is 0.225 e. The smallest absolute Gasteiger partial charge is 0.225 e. The number of halogens is 1. The molecule has 90 valence electrons. The SMILES string of the molecule is O=C1Cc2ccccc2C(c2ccc(Cl)cc2)N1. The highest BCUT2D eigenvalue weighted by Crippen LogP contribution is 2.29. The summed E-state index contributed by atoms with van der Waals surface area (Å²) in [5, 5.41) is 3.73. The van der Waals surface area contributed by atoms with E-state index in [1.807, 2.05) is 42.5 Å². The van der Waals surface area contributed by atoms with Gasteiger partial charge in [-0.2, -0.15) is 0 Å². The molecule has 1 N–H and O–H groups in total. The van der Waals surface area contributed by atoms with Gasteiger partial charge in [0.1, 0.15) is 0 Å². The largest absolute Gasteiger partial charge is 0.345 e. The third-order valence-corrected chi connectivity index (χ3v) is 3.48. The molecular weight excluding hydrogens is 246 g/mol. The summed E-state index contributed by atoms with van der Waals surface area (Å²) in [4.78, 5) is 11.7. The van der Waals surface area contributed by atoms with Crippen LogP contribution in [0.1, 0.15) is 22.7 Å².